The number of hydrogen-bond donors (Lipinski definition) is 2. The SMILES string of the molecule is O=C(O)COc1cc(OCC(=O)O)cc(S(=O)(=O)[O-])c1.[K+]. The molecular formula is C10H9KO9S. The molecule has 0 aromatic heterocycles. The van der Waals surface area contributed by atoms with Crippen LogP contribution in [0.25, 0.3) is 0 Å². The third kappa shape index (κ3) is 7.76. The fourth-order valence-electron chi connectivity index (χ4n) is 1.15. The first-order chi connectivity index (χ1) is 9.18. The minimum atomic E-state index is -4.83. The van der Waals surface area contributed by atoms with Crippen LogP contribution in [0.5, 0.6) is 11.5 Å². The summed E-state index contributed by atoms with van der Waals surface area (Å²) in [5.41, 5.74) is 0. The Hall–Kier alpha value is -0.694. The van der Waals surface area contributed by atoms with E-state index in [1.807, 2.05) is 0 Å². The van der Waals surface area contributed by atoms with Gasteiger partial charge < -0.3 is 24.2 Å². The van der Waals surface area contributed by atoms with E-state index in [0.717, 1.165) is 18.2 Å². The number of ether oxygens (including phenoxy) is 2. The Morgan fingerprint density at radius 3 is 1.67 bits per heavy atom. The van der Waals surface area contributed by atoms with Crippen molar-refractivity contribution in [3.63, 3.8) is 0 Å². The van der Waals surface area contributed by atoms with Crippen LogP contribution in [-0.2, 0) is 19.7 Å². The monoisotopic (exact) mass is 344 g/mol. The van der Waals surface area contributed by atoms with E-state index >= 15 is 0 Å². The van der Waals surface area contributed by atoms with Crippen molar-refractivity contribution >= 4 is 22.1 Å². The van der Waals surface area contributed by atoms with E-state index in [2.05, 4.69) is 0 Å². The Morgan fingerprint density at radius 2 is 1.38 bits per heavy atom. The second-order valence-electron chi connectivity index (χ2n) is 3.46. The van der Waals surface area contributed by atoms with E-state index in [-0.39, 0.29) is 62.9 Å². The molecule has 21 heavy (non-hydrogen) atoms. The molecule has 1 aromatic rings. The van der Waals surface area contributed by atoms with Gasteiger partial charge in [-0.05, 0) is 12.1 Å². The van der Waals surface area contributed by atoms with Gasteiger partial charge in [0.05, 0.1) is 4.90 Å². The smallest absolute Gasteiger partial charge is 0.744 e. The summed E-state index contributed by atoms with van der Waals surface area (Å²) in [4.78, 5) is 20.0. The number of carboxylic acid groups (broad SMARTS) is 2. The van der Waals surface area contributed by atoms with Gasteiger partial charge in [-0.1, -0.05) is 0 Å². The van der Waals surface area contributed by atoms with Crippen LogP contribution in [0.1, 0.15) is 0 Å². The summed E-state index contributed by atoms with van der Waals surface area (Å²) in [5, 5.41) is 16.9. The molecule has 0 radical (unpaired) electrons. The van der Waals surface area contributed by atoms with Crippen molar-refractivity contribution in [2.75, 3.05) is 13.2 Å². The number of hydrogen-bond acceptors (Lipinski definition) is 7. The van der Waals surface area contributed by atoms with Crippen LogP contribution >= 0.6 is 0 Å². The van der Waals surface area contributed by atoms with Crippen molar-refractivity contribution in [2.45, 2.75) is 4.90 Å². The molecule has 0 heterocycles. The van der Waals surface area contributed by atoms with Gasteiger partial charge in [-0.3, -0.25) is 0 Å². The van der Waals surface area contributed by atoms with Crippen molar-refractivity contribution < 1.29 is 93.6 Å². The topological polar surface area (TPSA) is 150 Å². The molecule has 0 bridgehead atoms. The number of carbonyl (C=O) groups is 2. The Bertz CT molecular complexity index is 589. The van der Waals surface area contributed by atoms with E-state index in [0.29, 0.717) is 0 Å². The first-order valence-corrected chi connectivity index (χ1v) is 6.39. The standard InChI is InChI=1S/C10H10O9S.K/c11-9(12)4-18-6-1-7(19-5-10(13)14)3-8(2-6)20(15,16)17;/h1-3H,4-5H2,(H,11,12)(H,13,14)(H,15,16,17);/q;+1/p-1. The van der Waals surface area contributed by atoms with Gasteiger partial charge in [0, 0.05) is 6.07 Å². The molecule has 2 N–H and O–H groups in total. The normalized spacial score (nSPS) is 10.3. The van der Waals surface area contributed by atoms with E-state index in [4.69, 9.17) is 19.7 Å². The maximum Gasteiger partial charge on any atom is 1.00 e. The molecule has 110 valence electrons. The summed E-state index contributed by atoms with van der Waals surface area (Å²) < 4.78 is 42.2. The Kier molecular flexibility index (Phi) is 8.39. The number of carboxylic acids is 2. The molecule has 0 unspecified atom stereocenters. The van der Waals surface area contributed by atoms with Crippen LogP contribution in [0, 0.1) is 0 Å². The van der Waals surface area contributed by atoms with Gasteiger partial charge in [-0.25, -0.2) is 18.0 Å². The van der Waals surface area contributed by atoms with Gasteiger partial charge in [0.15, 0.2) is 13.2 Å². The van der Waals surface area contributed by atoms with Gasteiger partial charge in [0.1, 0.15) is 21.6 Å². The van der Waals surface area contributed by atoms with Crippen LogP contribution < -0.4 is 60.9 Å². The summed E-state index contributed by atoms with van der Waals surface area (Å²) in [5.74, 6) is -3.11. The van der Waals surface area contributed by atoms with Gasteiger partial charge in [0.25, 0.3) is 0 Å². The van der Waals surface area contributed by atoms with Crippen LogP contribution in [0.4, 0.5) is 0 Å². The average Bonchev–Trinajstić information content (AvgIpc) is 2.32. The first-order valence-electron chi connectivity index (χ1n) is 4.98. The molecule has 0 amide bonds. The molecule has 11 heteroatoms. The third-order valence-electron chi connectivity index (χ3n) is 1.87. The van der Waals surface area contributed by atoms with E-state index in [9.17, 15) is 22.6 Å². The van der Waals surface area contributed by atoms with Crippen molar-refractivity contribution in [2.24, 2.45) is 0 Å². The average molecular weight is 344 g/mol. The second-order valence-corrected chi connectivity index (χ2v) is 4.84. The minimum absolute atomic E-state index is 0. The fourth-order valence-corrected chi connectivity index (χ4v) is 1.67. The van der Waals surface area contributed by atoms with E-state index in [1.54, 1.807) is 0 Å². The van der Waals surface area contributed by atoms with Crippen molar-refractivity contribution in [1.29, 1.82) is 0 Å². The molecule has 0 aliphatic carbocycles. The number of benzene rings is 1. The van der Waals surface area contributed by atoms with E-state index in [1.165, 1.54) is 0 Å². The molecule has 9 nitrogen and oxygen atoms in total. The predicted molar refractivity (Wildman–Crippen MR) is 60.7 cm³/mol. The van der Waals surface area contributed by atoms with Gasteiger partial charge in [0.2, 0.25) is 0 Å². The largest absolute Gasteiger partial charge is 1.00 e. The quantitative estimate of drug-likeness (QED) is 0.379. The summed E-state index contributed by atoms with van der Waals surface area (Å²) in [6, 6.07) is 2.71. The molecule has 0 saturated heterocycles. The minimum Gasteiger partial charge on any atom is -0.744 e. The molecule has 0 spiro atoms. The maximum absolute atomic E-state index is 10.9. The van der Waals surface area contributed by atoms with Gasteiger partial charge in [-0.15, -0.1) is 0 Å². The number of aliphatic carboxylic acids is 2. The zero-order chi connectivity index (χ0) is 15.3. The zero-order valence-electron chi connectivity index (χ0n) is 10.8. The molecule has 0 atom stereocenters. The zero-order valence-corrected chi connectivity index (χ0v) is 14.7. The van der Waals surface area contributed by atoms with Crippen molar-refractivity contribution in [1.82, 2.24) is 0 Å². The molecule has 0 aliphatic heterocycles. The van der Waals surface area contributed by atoms with Gasteiger partial charge >= 0.3 is 63.3 Å². The summed E-state index contributed by atoms with van der Waals surface area (Å²) in [7, 11) is -4.83. The summed E-state index contributed by atoms with van der Waals surface area (Å²) in [6.45, 7) is -1.53. The first kappa shape index (κ1) is 20.3. The fraction of sp³-hybridized carbons (Fsp3) is 0.200. The van der Waals surface area contributed by atoms with Crippen LogP contribution in [0.2, 0.25) is 0 Å². The Balaban J connectivity index is 0.00000400. The van der Waals surface area contributed by atoms with Crippen LogP contribution in [-0.4, -0.2) is 48.3 Å². The van der Waals surface area contributed by atoms with Crippen molar-refractivity contribution in [3.05, 3.63) is 18.2 Å². The second kappa shape index (κ2) is 8.68. The Morgan fingerprint density at radius 1 is 1.00 bits per heavy atom. The molecule has 0 fully saturated rings. The summed E-state index contributed by atoms with van der Waals surface area (Å²) >= 11 is 0. The maximum atomic E-state index is 10.9. The third-order valence-corrected chi connectivity index (χ3v) is 2.68. The van der Waals surface area contributed by atoms with Crippen LogP contribution in [0.15, 0.2) is 23.1 Å². The summed E-state index contributed by atoms with van der Waals surface area (Å²) in [6.07, 6.45) is 0. The predicted octanol–water partition coefficient (Wildman–Crippen LogP) is -3.48. The molecular weight excluding hydrogens is 335 g/mol. The molecule has 0 aliphatic rings. The number of rotatable bonds is 7. The Labute approximate surface area is 162 Å². The molecule has 1 aromatic carbocycles. The van der Waals surface area contributed by atoms with E-state index < -0.39 is 40.2 Å². The molecule has 1 rings (SSSR count). The van der Waals surface area contributed by atoms with Crippen molar-refractivity contribution in [3.8, 4) is 11.5 Å². The molecule has 0 saturated carbocycles. The van der Waals surface area contributed by atoms with Crippen LogP contribution in [0.3, 0.4) is 0 Å². The van der Waals surface area contributed by atoms with Gasteiger partial charge in [-0.2, -0.15) is 0 Å².